The minimum atomic E-state index is -5.65. The molecule has 4 N–H and O–H groups in total. The Hall–Kier alpha value is -9.28. The summed E-state index contributed by atoms with van der Waals surface area (Å²) in [5.41, 5.74) is 0.503. The summed E-state index contributed by atoms with van der Waals surface area (Å²) in [6.45, 7) is 9.34. The molecule has 0 amide bonds. The van der Waals surface area contributed by atoms with E-state index < -0.39 is 135 Å². The van der Waals surface area contributed by atoms with Crippen LogP contribution in [0.5, 0.6) is 0 Å². The molecule has 704 valence electrons. The van der Waals surface area contributed by atoms with E-state index in [0.717, 1.165) is 37.0 Å². The third-order valence-corrected chi connectivity index (χ3v) is 28.4. The predicted molar refractivity (Wildman–Crippen MR) is 486 cm³/mol. The number of alkyl halides is 3. The summed E-state index contributed by atoms with van der Waals surface area (Å²) < 4.78 is 206. The number of benzene rings is 4. The number of aromatic nitrogens is 5. The van der Waals surface area contributed by atoms with Crippen LogP contribution in [-0.2, 0) is 78.2 Å². The van der Waals surface area contributed by atoms with E-state index in [1.807, 2.05) is 10.3 Å². The third kappa shape index (κ3) is 23.3. The highest BCUT2D eigenvalue weighted by atomic mass is 35.5. The Morgan fingerprint density at radius 1 is 0.439 bits per heavy atom. The van der Waals surface area contributed by atoms with Crippen molar-refractivity contribution in [3.63, 3.8) is 0 Å². The first-order valence-corrected chi connectivity index (χ1v) is 52.2. The van der Waals surface area contributed by atoms with Crippen molar-refractivity contribution >= 4 is 191 Å². The lowest BCUT2D eigenvalue weighted by Crippen LogP contribution is -2.44. The number of carbonyl (C=O) groups excluding carboxylic acids is 4. The maximum Gasteiger partial charge on any atom is 0.511 e. The zero-order valence-corrected chi connectivity index (χ0v) is 80.5. The van der Waals surface area contributed by atoms with Gasteiger partial charge in [-0.05, 0) is 83.1 Å². The number of esters is 4. The number of amidine groups is 4. The van der Waals surface area contributed by atoms with Crippen LogP contribution in [0.15, 0.2) is 178 Å². The Kier molecular flexibility index (Phi) is 31.5. The number of nitrogens with zero attached hydrogens (tertiary/aromatic N) is 13. The van der Waals surface area contributed by atoms with Crippen molar-refractivity contribution in [2.75, 3.05) is 64.8 Å². The Balaban J connectivity index is 0.000000150. The zero-order chi connectivity index (χ0) is 95.5. The summed E-state index contributed by atoms with van der Waals surface area (Å²) in [4.78, 5) is 91.2. The molecule has 0 spiro atoms. The van der Waals surface area contributed by atoms with Gasteiger partial charge in [-0.2, -0.15) is 13.2 Å². The van der Waals surface area contributed by atoms with Gasteiger partial charge in [0.15, 0.2) is 43.4 Å². The molecule has 0 aliphatic carbocycles. The Morgan fingerprint density at radius 3 is 0.992 bits per heavy atom. The highest BCUT2D eigenvalue weighted by Gasteiger charge is 2.52. The molecule has 16 rings (SSSR count). The minimum Gasteiger partial charge on any atom is -0.463 e. The first kappa shape index (κ1) is 100. The third-order valence-electron chi connectivity index (χ3n) is 20.3. The van der Waals surface area contributed by atoms with Crippen molar-refractivity contribution in [1.82, 2.24) is 63.6 Å². The van der Waals surface area contributed by atoms with Gasteiger partial charge in [0.2, 0.25) is 30.1 Å². The molecule has 4 fully saturated rings. The number of rotatable bonds is 24. The summed E-state index contributed by atoms with van der Waals surface area (Å²) in [7, 11) is -16.1. The molecule has 8 aliphatic rings. The summed E-state index contributed by atoms with van der Waals surface area (Å²) in [5.74, 6) is -2.48. The average molecular weight is 2080 g/mol. The largest absolute Gasteiger partial charge is 0.511 e. The molecule has 12 heterocycles. The fraction of sp³-hybridized carbons (Fsp3) is 0.362. The van der Waals surface area contributed by atoms with Crippen LogP contribution in [0.4, 0.5) is 26.3 Å². The summed E-state index contributed by atoms with van der Waals surface area (Å²) in [6.07, 6.45) is 8.19. The van der Waals surface area contributed by atoms with Crippen molar-refractivity contribution in [1.29, 1.82) is 0 Å². The first-order valence-electron chi connectivity index (χ1n) is 39.6. The molecule has 8 aliphatic heterocycles. The van der Waals surface area contributed by atoms with Crippen molar-refractivity contribution in [3.05, 3.63) is 243 Å². The molecule has 33 nitrogen and oxygen atoms in total. The summed E-state index contributed by atoms with van der Waals surface area (Å²) in [6, 6.07) is 10.1. The summed E-state index contributed by atoms with van der Waals surface area (Å²) in [5, 5.41) is 16.4. The predicted octanol–water partition coefficient (Wildman–Crippen LogP) is 12.7. The molecule has 132 heavy (non-hydrogen) atoms. The van der Waals surface area contributed by atoms with Crippen LogP contribution < -0.4 is 18.9 Å². The lowest BCUT2D eigenvalue weighted by Gasteiger charge is -2.32. The highest BCUT2D eigenvalue weighted by molar-refractivity contribution is 7.90. The highest BCUT2D eigenvalue weighted by Crippen LogP contribution is 2.49. The van der Waals surface area contributed by atoms with Crippen LogP contribution in [0.2, 0.25) is 25.1 Å². The van der Waals surface area contributed by atoms with E-state index >= 15 is 0 Å². The lowest BCUT2D eigenvalue weighted by molar-refractivity contribution is -0.143. The molecule has 0 bridgehead atoms. The van der Waals surface area contributed by atoms with E-state index in [9.17, 15) is 79.2 Å². The molecule has 4 aromatic heterocycles. The van der Waals surface area contributed by atoms with Gasteiger partial charge in [0, 0.05) is 181 Å². The Labute approximate surface area is 794 Å². The molecule has 8 atom stereocenters. The standard InChI is InChI=1S/C21H22ClFN4O4S2.C20H20Cl2N4O4S2.C20H17ClF4N4O4S2.C19H19ClFN5O4S2/c1-11(2)31-21(28)17-16-9-13(26-33(3,29)30)10-27(16)19(20-24-6-7-32-20)25-18(17)14-5-4-12(23)8-15(14)22;1-3-30-20(27)16-15-9-12(25-32(2,28)29)10-26(15)18(19-23-6-7-31-19)24-17(16)13-5-4-11(21)8-14(13)22;1-2-33-19(30)15-14-8-11(28-35(31,32)20(23,24)25)9-29(14)17(18-26-5-6-34-18)27-16(15)12-4-3-10(22)7-13(12)21;1-3-30-19(27)15-14-7-11(25-32(2,28)29)8-26(14)17(18-24-22-9-31-18)23-16(15)12-5-4-10(21)6-13(12)20/h4-8,11,13,18,26H,9-10H2,1-3H3;4-8,12,17,25H,3,9-10H2,1-2H3;3-7,11,16,28H,2,8-9H2,1H3;4-6,9,11,16,25H,3,7-8H2,1-2H3/t13-,18-;12-,17-;11-,16-;11-,16?/m0000/s1. The van der Waals surface area contributed by atoms with Gasteiger partial charge < -0.3 is 38.5 Å². The van der Waals surface area contributed by atoms with Crippen LogP contribution in [0.1, 0.15) is 127 Å². The van der Waals surface area contributed by atoms with Crippen LogP contribution >= 0.6 is 103 Å². The van der Waals surface area contributed by atoms with Gasteiger partial charge in [-0.3, -0.25) is 20.0 Å². The number of hydrogen-bond acceptors (Lipinski definition) is 33. The second-order valence-electron chi connectivity index (χ2n) is 30.2. The number of nitrogens with one attached hydrogen (secondary N) is 4. The van der Waals surface area contributed by atoms with Gasteiger partial charge in [-0.15, -0.1) is 44.2 Å². The second kappa shape index (κ2) is 41.5. The van der Waals surface area contributed by atoms with E-state index in [1.54, 1.807) is 96.0 Å². The maximum absolute atomic E-state index is 13.8. The molecule has 1 unspecified atom stereocenters. The van der Waals surface area contributed by atoms with Crippen molar-refractivity contribution in [2.24, 2.45) is 20.0 Å². The van der Waals surface area contributed by atoms with E-state index in [4.69, 9.17) is 91.9 Å². The van der Waals surface area contributed by atoms with Gasteiger partial charge in [0.25, 0.3) is 0 Å². The van der Waals surface area contributed by atoms with Crippen molar-refractivity contribution < 1.29 is 98.1 Å². The minimum absolute atomic E-state index is 0.00728. The number of thiazole rings is 3. The molecule has 0 saturated carbocycles. The monoisotopic (exact) mass is 2080 g/mol. The van der Waals surface area contributed by atoms with E-state index in [-0.39, 0.29) is 114 Å². The smallest absolute Gasteiger partial charge is 0.463 e. The molecule has 52 heteroatoms. The topological polar surface area (TPSA) is 417 Å². The fourth-order valence-corrected chi connectivity index (χ4v) is 22.4. The summed E-state index contributed by atoms with van der Waals surface area (Å²) >= 11 is 36.7. The zero-order valence-electron chi connectivity index (χ0n) is 70.2. The number of carbonyl (C=O) groups is 4. The molecule has 4 saturated heterocycles. The van der Waals surface area contributed by atoms with Gasteiger partial charge in [-0.25, -0.2) is 99.9 Å². The Bertz CT molecular complexity index is 6350. The number of aliphatic imine (C=N–C) groups is 4. The molecular formula is C80H78Cl5F6N17O16S8. The number of fused-ring (bicyclic) bond motifs is 4. The molecule has 4 aromatic carbocycles. The van der Waals surface area contributed by atoms with Crippen LogP contribution in [0, 0.1) is 17.5 Å². The Morgan fingerprint density at radius 2 is 0.735 bits per heavy atom. The lowest BCUT2D eigenvalue weighted by atomic mass is 9.94. The van der Waals surface area contributed by atoms with Crippen LogP contribution in [0.25, 0.3) is 0 Å². The first-order chi connectivity index (χ1) is 62.3. The van der Waals surface area contributed by atoms with E-state index in [1.165, 1.54) is 92.8 Å². The quantitative estimate of drug-likeness (QED) is 0.0248. The average Bonchev–Trinajstić information content (AvgIpc) is 1.57. The number of ether oxygens (including phenoxy) is 4. The van der Waals surface area contributed by atoms with Gasteiger partial charge in [-0.1, -0.05) is 93.6 Å². The molecular weight excluding hydrogens is 2000 g/mol. The number of hydrogen-bond donors (Lipinski definition) is 4. The van der Waals surface area contributed by atoms with Crippen LogP contribution in [-0.4, -0.2) is 226 Å². The maximum atomic E-state index is 13.8. The van der Waals surface area contributed by atoms with Crippen molar-refractivity contribution in [3.8, 4) is 0 Å². The second-order valence-corrected chi connectivity index (χ2v) is 42.8. The van der Waals surface area contributed by atoms with Gasteiger partial charge in [0.1, 0.15) is 47.1 Å². The molecule has 8 aromatic rings. The van der Waals surface area contributed by atoms with Gasteiger partial charge >= 0.3 is 39.4 Å². The SMILES string of the molecule is CC(C)OC(=O)C1=C2C[C@H](NS(C)(=O)=O)CN2C(c2nccs2)=N[C@H]1c1ccc(F)cc1Cl.CCOC(=O)C1=C2C[C@H](NS(=O)(=O)C(F)(F)F)CN2C(c2nccs2)=N[C@H]1c1ccc(F)cc1Cl.CCOC(=O)C1=C2C[C@H](NS(C)(=O)=O)CN2C(c2nccs2)=N[C@H]1c1ccc(Cl)cc1Cl.CCOC(=O)C1=C2C[C@H](NS(C)(=O)=O)CN2C(c2nncs2)=NC1c1ccc(F)cc1Cl. The van der Waals surface area contributed by atoms with Gasteiger partial charge in [0.05, 0.1) is 67.0 Å². The number of halogens is 11. The van der Waals surface area contributed by atoms with E-state index in [2.05, 4.69) is 44.3 Å². The number of sulfonamides is 4. The normalized spacial score (nSPS) is 20.8. The fourth-order valence-electron chi connectivity index (χ4n) is 15.6. The van der Waals surface area contributed by atoms with Crippen LogP contribution in [0.3, 0.4) is 0 Å². The van der Waals surface area contributed by atoms with E-state index in [0.29, 0.717) is 99.9 Å². The van der Waals surface area contributed by atoms with Crippen molar-refractivity contribution in [2.45, 2.75) is 120 Å². The molecule has 0 radical (unpaired) electrons.